The summed E-state index contributed by atoms with van der Waals surface area (Å²) in [7, 11) is 0. The van der Waals surface area contributed by atoms with Gasteiger partial charge in [-0.3, -0.25) is 0 Å². The fourth-order valence-corrected chi connectivity index (χ4v) is 1.28. The first-order valence-corrected chi connectivity index (χ1v) is 4.61. The highest BCUT2D eigenvalue weighted by Crippen LogP contribution is 2.17. The lowest BCUT2D eigenvalue weighted by Gasteiger charge is -1.87. The summed E-state index contributed by atoms with van der Waals surface area (Å²) >= 11 is 5.63. The molecule has 2 nitrogen and oxygen atoms in total. The number of hydrogen-bond donors (Lipinski definition) is 0. The van der Waals surface area contributed by atoms with Crippen molar-refractivity contribution < 1.29 is 8.83 Å². The number of hydrogen-bond acceptors (Lipinski definition) is 2. The molecule has 3 heteroatoms. The van der Waals surface area contributed by atoms with Crippen LogP contribution in [0.15, 0.2) is 33.3 Å². The van der Waals surface area contributed by atoms with Gasteiger partial charge in [0.2, 0.25) is 0 Å². The lowest BCUT2D eigenvalue weighted by atomic mass is 10.2. The minimum Gasteiger partial charge on any atom is -0.465 e. The van der Waals surface area contributed by atoms with Crippen molar-refractivity contribution in [3.63, 3.8) is 0 Å². The molecule has 0 unspecified atom stereocenters. The number of aryl methyl sites for hydroxylation is 1. The summed E-state index contributed by atoms with van der Waals surface area (Å²) in [4.78, 5) is 0. The van der Waals surface area contributed by atoms with Gasteiger partial charge in [-0.25, -0.2) is 0 Å². The van der Waals surface area contributed by atoms with Crippen molar-refractivity contribution in [1.29, 1.82) is 0 Å². The first-order valence-electron chi connectivity index (χ1n) is 4.23. The minimum atomic E-state index is 0.390. The average Bonchev–Trinajstić information content (AvgIpc) is 2.72. The first kappa shape index (κ1) is 9.16. The molecule has 0 saturated heterocycles. The number of rotatable bonds is 2. The van der Waals surface area contributed by atoms with Crippen LogP contribution in [0.25, 0.3) is 12.2 Å². The summed E-state index contributed by atoms with van der Waals surface area (Å²) in [6.45, 7) is 1.98. The Morgan fingerprint density at radius 1 is 1.21 bits per heavy atom. The van der Waals surface area contributed by atoms with Crippen LogP contribution in [0.2, 0.25) is 5.22 Å². The highest BCUT2D eigenvalue weighted by atomic mass is 35.5. The van der Waals surface area contributed by atoms with Crippen molar-refractivity contribution in [2.45, 2.75) is 6.92 Å². The molecule has 2 heterocycles. The summed E-state index contributed by atoms with van der Waals surface area (Å²) < 4.78 is 10.4. The molecule has 0 atom stereocenters. The molecular weight excluding hydrogens is 200 g/mol. The Balaban J connectivity index is 2.19. The first-order chi connectivity index (χ1) is 6.75. The zero-order valence-corrected chi connectivity index (χ0v) is 8.41. The minimum absolute atomic E-state index is 0.390. The zero-order valence-electron chi connectivity index (χ0n) is 7.66. The molecule has 0 amide bonds. The molecule has 0 aliphatic heterocycles. The summed E-state index contributed by atoms with van der Waals surface area (Å²) in [6, 6.07) is 5.42. The van der Waals surface area contributed by atoms with Crippen LogP contribution >= 0.6 is 11.6 Å². The van der Waals surface area contributed by atoms with E-state index in [1.807, 2.05) is 25.1 Å². The molecule has 0 aliphatic carbocycles. The van der Waals surface area contributed by atoms with E-state index in [0.717, 1.165) is 11.3 Å². The smallest absolute Gasteiger partial charge is 0.193 e. The van der Waals surface area contributed by atoms with Crippen LogP contribution in [0.5, 0.6) is 0 Å². The van der Waals surface area contributed by atoms with Gasteiger partial charge in [-0.2, -0.15) is 0 Å². The molecule has 2 aromatic rings. The Hall–Kier alpha value is -1.41. The number of halogens is 1. The van der Waals surface area contributed by atoms with Crippen molar-refractivity contribution in [1.82, 2.24) is 0 Å². The van der Waals surface area contributed by atoms with Crippen molar-refractivity contribution in [3.8, 4) is 0 Å². The van der Waals surface area contributed by atoms with E-state index in [-0.39, 0.29) is 0 Å². The van der Waals surface area contributed by atoms with E-state index in [9.17, 15) is 0 Å². The summed E-state index contributed by atoms with van der Waals surface area (Å²) in [5.74, 6) is 1.54. The van der Waals surface area contributed by atoms with Crippen LogP contribution in [0, 0.1) is 6.92 Å². The third kappa shape index (κ3) is 1.91. The predicted octanol–water partition coefficient (Wildman–Crippen LogP) is 4.00. The molecular formula is C11H9ClO2. The highest BCUT2D eigenvalue weighted by Gasteiger charge is 1.98. The maximum Gasteiger partial charge on any atom is 0.193 e. The lowest BCUT2D eigenvalue weighted by Crippen LogP contribution is -1.68. The molecule has 0 spiro atoms. The largest absolute Gasteiger partial charge is 0.465 e. The molecule has 0 saturated carbocycles. The monoisotopic (exact) mass is 208 g/mol. The molecule has 14 heavy (non-hydrogen) atoms. The third-order valence-electron chi connectivity index (χ3n) is 1.89. The summed E-state index contributed by atoms with van der Waals surface area (Å²) in [6.07, 6.45) is 5.33. The average molecular weight is 209 g/mol. The van der Waals surface area contributed by atoms with Crippen LogP contribution in [-0.2, 0) is 0 Å². The number of furan rings is 2. The van der Waals surface area contributed by atoms with Crippen LogP contribution in [0.1, 0.15) is 17.1 Å². The molecule has 72 valence electrons. The quantitative estimate of drug-likeness (QED) is 0.746. The molecule has 2 rings (SSSR count). The summed E-state index contributed by atoms with van der Waals surface area (Å²) in [5, 5.41) is 0.390. The SMILES string of the molecule is Cc1ccoc1/C=C/c1ccc(Cl)o1. The molecule has 0 fully saturated rings. The normalized spacial score (nSPS) is 11.3. The van der Waals surface area contributed by atoms with E-state index in [0.29, 0.717) is 11.0 Å². The van der Waals surface area contributed by atoms with Crippen LogP contribution < -0.4 is 0 Å². The maximum atomic E-state index is 5.63. The molecule has 0 N–H and O–H groups in total. The Labute approximate surface area is 86.8 Å². The second kappa shape index (κ2) is 3.76. The third-order valence-corrected chi connectivity index (χ3v) is 2.10. The van der Waals surface area contributed by atoms with Crippen molar-refractivity contribution in [2.24, 2.45) is 0 Å². The zero-order chi connectivity index (χ0) is 9.97. The maximum absolute atomic E-state index is 5.63. The topological polar surface area (TPSA) is 26.3 Å². The van der Waals surface area contributed by atoms with Gasteiger partial charge >= 0.3 is 0 Å². The molecule has 0 aromatic carbocycles. The van der Waals surface area contributed by atoms with Crippen LogP contribution in [0.3, 0.4) is 0 Å². The van der Waals surface area contributed by atoms with E-state index >= 15 is 0 Å². The molecule has 2 aromatic heterocycles. The van der Waals surface area contributed by atoms with Crippen molar-refractivity contribution in [2.75, 3.05) is 0 Å². The van der Waals surface area contributed by atoms with E-state index in [1.54, 1.807) is 18.4 Å². The Morgan fingerprint density at radius 3 is 2.64 bits per heavy atom. The van der Waals surface area contributed by atoms with Crippen LogP contribution in [0.4, 0.5) is 0 Å². The van der Waals surface area contributed by atoms with Gasteiger partial charge in [0.05, 0.1) is 6.26 Å². The van der Waals surface area contributed by atoms with Gasteiger partial charge < -0.3 is 8.83 Å². The molecule has 0 aliphatic rings. The van der Waals surface area contributed by atoms with Crippen molar-refractivity contribution in [3.05, 3.63) is 46.8 Å². The van der Waals surface area contributed by atoms with E-state index < -0.39 is 0 Å². The van der Waals surface area contributed by atoms with Gasteiger partial charge in [0.15, 0.2) is 5.22 Å². The Morgan fingerprint density at radius 2 is 2.07 bits per heavy atom. The Kier molecular flexibility index (Phi) is 2.46. The predicted molar refractivity (Wildman–Crippen MR) is 56.1 cm³/mol. The molecule has 0 bridgehead atoms. The van der Waals surface area contributed by atoms with Crippen LogP contribution in [-0.4, -0.2) is 0 Å². The van der Waals surface area contributed by atoms with Gasteiger partial charge in [0.25, 0.3) is 0 Å². The fourth-order valence-electron chi connectivity index (χ4n) is 1.13. The van der Waals surface area contributed by atoms with Gasteiger partial charge in [0.1, 0.15) is 11.5 Å². The highest BCUT2D eigenvalue weighted by molar-refractivity contribution is 6.28. The molecule has 0 radical (unpaired) electrons. The fraction of sp³-hybridized carbons (Fsp3) is 0.0909. The summed E-state index contributed by atoms with van der Waals surface area (Å²) in [5.41, 5.74) is 1.10. The van der Waals surface area contributed by atoms with E-state index in [2.05, 4.69) is 0 Å². The van der Waals surface area contributed by atoms with Gasteiger partial charge in [-0.15, -0.1) is 0 Å². The lowest BCUT2D eigenvalue weighted by molar-refractivity contribution is 0.552. The Bertz CT molecular complexity index is 451. The van der Waals surface area contributed by atoms with Gasteiger partial charge in [0, 0.05) is 0 Å². The van der Waals surface area contributed by atoms with Gasteiger partial charge in [-0.05, 0) is 54.4 Å². The second-order valence-corrected chi connectivity index (χ2v) is 3.32. The van der Waals surface area contributed by atoms with Gasteiger partial charge in [-0.1, -0.05) is 0 Å². The van der Waals surface area contributed by atoms with E-state index in [4.69, 9.17) is 20.4 Å². The standard InChI is InChI=1S/C11H9ClO2/c1-8-6-7-13-10(8)4-2-9-3-5-11(12)14-9/h2-7H,1H3/b4-2+. The van der Waals surface area contributed by atoms with Crippen molar-refractivity contribution >= 4 is 23.8 Å². The van der Waals surface area contributed by atoms with E-state index in [1.165, 1.54) is 0 Å². The second-order valence-electron chi connectivity index (χ2n) is 2.94.